The minimum absolute atomic E-state index is 0. The molecule has 0 amide bonds. The van der Waals surface area contributed by atoms with Crippen molar-refractivity contribution in [1.29, 1.82) is 0 Å². The third-order valence-corrected chi connectivity index (χ3v) is 2.51. The average molecular weight is 218 g/mol. The van der Waals surface area contributed by atoms with Crippen molar-refractivity contribution in [2.45, 2.75) is 13.8 Å². The molecule has 0 rings (SSSR count). The molecule has 72 valence electrons. The summed E-state index contributed by atoms with van der Waals surface area (Å²) < 4.78 is 26.1. The maximum Gasteiger partial charge on any atom is 1.00 e. The summed E-state index contributed by atoms with van der Waals surface area (Å²) in [6, 6.07) is 0. The summed E-state index contributed by atoms with van der Waals surface area (Å²) in [5.74, 6) is -1.51. The number of allylic oxidation sites excluding steroid dienone is 1. The van der Waals surface area contributed by atoms with Gasteiger partial charge in [0, 0.05) is 0 Å². The number of aliphatic carboxylic acids is 1. The summed E-state index contributed by atoms with van der Waals surface area (Å²) >= 11 is 0. The van der Waals surface area contributed by atoms with Gasteiger partial charge in [-0.1, -0.05) is 6.08 Å². The molecule has 0 aliphatic rings. The summed E-state index contributed by atoms with van der Waals surface area (Å²) in [5, 5.41) is 8.41. The Balaban J connectivity index is -0.000000605. The SMILES string of the molecule is CC=C(C(=O)O)S(=O)(=O)OCC.[H-].[Na+]. The summed E-state index contributed by atoms with van der Waals surface area (Å²) in [4.78, 5) is 9.59. The van der Waals surface area contributed by atoms with E-state index in [-0.39, 0.29) is 37.6 Å². The minimum atomic E-state index is -4.06. The Kier molecular flexibility index (Phi) is 7.86. The Hall–Kier alpha value is 0.120. The largest absolute Gasteiger partial charge is 1.00 e. The van der Waals surface area contributed by atoms with E-state index in [9.17, 15) is 13.2 Å². The maximum atomic E-state index is 10.9. The molecule has 0 aliphatic heterocycles. The van der Waals surface area contributed by atoms with Gasteiger partial charge in [-0.25, -0.2) is 4.79 Å². The fourth-order valence-electron chi connectivity index (χ4n) is 0.593. The van der Waals surface area contributed by atoms with Gasteiger partial charge in [-0.3, -0.25) is 4.18 Å². The van der Waals surface area contributed by atoms with E-state index in [0.717, 1.165) is 6.08 Å². The molecule has 0 aromatic carbocycles. The van der Waals surface area contributed by atoms with Gasteiger partial charge in [0.15, 0.2) is 4.91 Å². The molecular weight excluding hydrogens is 207 g/mol. The Labute approximate surface area is 101 Å². The zero-order valence-corrected chi connectivity index (χ0v) is 10.6. The van der Waals surface area contributed by atoms with Gasteiger partial charge in [-0.2, -0.15) is 8.42 Å². The van der Waals surface area contributed by atoms with E-state index in [0.29, 0.717) is 0 Å². The topological polar surface area (TPSA) is 80.7 Å². The molecule has 0 bridgehead atoms. The fraction of sp³-hybridized carbons (Fsp3) is 0.500. The molecule has 0 atom stereocenters. The zero-order valence-electron chi connectivity index (χ0n) is 8.77. The van der Waals surface area contributed by atoms with Crippen LogP contribution in [0, 0.1) is 0 Å². The predicted octanol–water partition coefficient (Wildman–Crippen LogP) is -2.54. The van der Waals surface area contributed by atoms with Crippen LogP contribution in [-0.2, 0) is 19.1 Å². The van der Waals surface area contributed by atoms with Crippen molar-refractivity contribution < 1.29 is 53.5 Å². The molecule has 7 heteroatoms. The fourth-order valence-corrected chi connectivity index (χ4v) is 1.53. The van der Waals surface area contributed by atoms with E-state index in [1.807, 2.05) is 0 Å². The van der Waals surface area contributed by atoms with Gasteiger partial charge in [-0.05, 0) is 13.8 Å². The van der Waals surface area contributed by atoms with Crippen LogP contribution in [-0.4, -0.2) is 26.1 Å². The number of hydrogen-bond acceptors (Lipinski definition) is 4. The quantitative estimate of drug-likeness (QED) is 0.319. The van der Waals surface area contributed by atoms with E-state index in [1.165, 1.54) is 13.8 Å². The Morgan fingerprint density at radius 2 is 2.08 bits per heavy atom. The molecule has 0 saturated heterocycles. The second kappa shape index (κ2) is 6.56. The average Bonchev–Trinajstić information content (AvgIpc) is 1.86. The van der Waals surface area contributed by atoms with Gasteiger partial charge in [0.2, 0.25) is 0 Å². The number of hydrogen-bond donors (Lipinski definition) is 1. The van der Waals surface area contributed by atoms with Crippen molar-refractivity contribution >= 4 is 16.1 Å². The van der Waals surface area contributed by atoms with Crippen molar-refractivity contribution in [1.82, 2.24) is 0 Å². The number of rotatable bonds is 4. The molecule has 0 aromatic heterocycles. The molecule has 0 radical (unpaired) electrons. The van der Waals surface area contributed by atoms with E-state index >= 15 is 0 Å². The number of carboxylic acids is 1. The van der Waals surface area contributed by atoms with Crippen molar-refractivity contribution in [3.05, 3.63) is 11.0 Å². The van der Waals surface area contributed by atoms with Crippen LogP contribution in [0.4, 0.5) is 0 Å². The molecular formula is C6H11NaO5S. The first kappa shape index (κ1) is 15.6. The summed E-state index contributed by atoms with van der Waals surface area (Å²) in [6.45, 7) is 2.71. The monoisotopic (exact) mass is 218 g/mol. The van der Waals surface area contributed by atoms with Gasteiger partial charge in [0.1, 0.15) is 0 Å². The Morgan fingerprint density at radius 1 is 1.62 bits per heavy atom. The van der Waals surface area contributed by atoms with Gasteiger partial charge in [0.25, 0.3) is 0 Å². The van der Waals surface area contributed by atoms with Crippen LogP contribution in [0.1, 0.15) is 15.3 Å². The molecule has 0 fully saturated rings. The summed E-state index contributed by atoms with van der Waals surface area (Å²) in [6.07, 6.45) is 0.979. The predicted molar refractivity (Wildman–Crippen MR) is 43.1 cm³/mol. The van der Waals surface area contributed by atoms with Crippen LogP contribution in [0.2, 0.25) is 0 Å². The molecule has 0 unspecified atom stereocenters. The molecule has 0 aliphatic carbocycles. The van der Waals surface area contributed by atoms with Crippen LogP contribution in [0.15, 0.2) is 11.0 Å². The first-order chi connectivity index (χ1) is 5.45. The second-order valence-corrected chi connectivity index (χ2v) is 3.40. The normalized spacial score (nSPS) is 12.0. The van der Waals surface area contributed by atoms with E-state index in [4.69, 9.17) is 5.11 Å². The third-order valence-electron chi connectivity index (χ3n) is 1.02. The standard InChI is InChI=1S/C6H10O5S.Na.H/c1-3-5(6(7)8)12(9,10)11-4-2;;/h3H,4H2,1-2H3,(H,7,8);;/q;+1;-1. The molecule has 0 spiro atoms. The number of carboxylic acid groups (broad SMARTS) is 1. The second-order valence-electron chi connectivity index (χ2n) is 1.82. The Bertz CT molecular complexity index is 297. The van der Waals surface area contributed by atoms with Crippen LogP contribution in [0.5, 0.6) is 0 Å². The maximum absolute atomic E-state index is 10.9. The summed E-state index contributed by atoms with van der Waals surface area (Å²) in [7, 11) is -4.06. The van der Waals surface area contributed by atoms with Gasteiger partial charge in [-0.15, -0.1) is 0 Å². The smallest absolute Gasteiger partial charge is 1.00 e. The summed E-state index contributed by atoms with van der Waals surface area (Å²) in [5.41, 5.74) is 0. The van der Waals surface area contributed by atoms with Crippen LogP contribution in [0.3, 0.4) is 0 Å². The molecule has 13 heavy (non-hydrogen) atoms. The third kappa shape index (κ3) is 4.78. The molecule has 0 saturated carbocycles. The van der Waals surface area contributed by atoms with Crippen LogP contribution in [0.25, 0.3) is 0 Å². The molecule has 1 N–H and O–H groups in total. The van der Waals surface area contributed by atoms with Gasteiger partial charge < -0.3 is 6.53 Å². The van der Waals surface area contributed by atoms with Gasteiger partial charge in [0.05, 0.1) is 6.61 Å². The van der Waals surface area contributed by atoms with Gasteiger partial charge >= 0.3 is 45.6 Å². The first-order valence-corrected chi connectivity index (χ1v) is 4.65. The number of carbonyl (C=O) groups is 1. The van der Waals surface area contributed by atoms with Crippen molar-refractivity contribution in [3.63, 3.8) is 0 Å². The van der Waals surface area contributed by atoms with E-state index in [1.54, 1.807) is 0 Å². The zero-order chi connectivity index (χ0) is 9.78. The van der Waals surface area contributed by atoms with Crippen molar-refractivity contribution in [2.24, 2.45) is 0 Å². The Morgan fingerprint density at radius 3 is 2.31 bits per heavy atom. The molecule has 0 heterocycles. The van der Waals surface area contributed by atoms with E-state index < -0.39 is 21.0 Å². The molecule has 5 nitrogen and oxygen atoms in total. The minimum Gasteiger partial charge on any atom is -1.00 e. The van der Waals surface area contributed by atoms with Crippen molar-refractivity contribution in [2.75, 3.05) is 6.61 Å². The van der Waals surface area contributed by atoms with Crippen LogP contribution >= 0.6 is 0 Å². The van der Waals surface area contributed by atoms with E-state index in [2.05, 4.69) is 4.18 Å². The first-order valence-electron chi connectivity index (χ1n) is 3.24. The van der Waals surface area contributed by atoms with Crippen molar-refractivity contribution in [3.8, 4) is 0 Å². The molecule has 0 aromatic rings. The van der Waals surface area contributed by atoms with Crippen LogP contribution < -0.4 is 29.6 Å².